The summed E-state index contributed by atoms with van der Waals surface area (Å²) in [5.41, 5.74) is 2.72. The van der Waals surface area contributed by atoms with Crippen LogP contribution in [0.3, 0.4) is 0 Å². The number of hydrogen-bond acceptors (Lipinski definition) is 2. The van der Waals surface area contributed by atoms with Crippen LogP contribution in [0, 0.1) is 5.92 Å². The minimum Gasteiger partial charge on any atom is -0.347 e. The highest BCUT2D eigenvalue weighted by molar-refractivity contribution is 5.97. The van der Waals surface area contributed by atoms with Crippen LogP contribution in [0.2, 0.25) is 0 Å². The maximum Gasteiger partial charge on any atom is 0.251 e. The van der Waals surface area contributed by atoms with Gasteiger partial charge in [-0.25, -0.2) is 0 Å². The van der Waals surface area contributed by atoms with Crippen molar-refractivity contribution in [1.29, 1.82) is 0 Å². The Hall–Kier alpha value is -2.62. The molecule has 4 nitrogen and oxygen atoms in total. The van der Waals surface area contributed by atoms with Crippen molar-refractivity contribution in [3.8, 4) is 11.1 Å². The van der Waals surface area contributed by atoms with Gasteiger partial charge in [-0.15, -0.1) is 0 Å². The highest BCUT2D eigenvalue weighted by atomic mass is 16.2. The number of carbonyl (C=O) groups excluding carboxylic acids is 2. The molecule has 0 saturated heterocycles. The summed E-state index contributed by atoms with van der Waals surface area (Å²) in [6.07, 6.45) is 0.616. The van der Waals surface area contributed by atoms with Crippen molar-refractivity contribution >= 4 is 11.8 Å². The summed E-state index contributed by atoms with van der Waals surface area (Å²) in [7, 11) is 3.41. The SMILES string of the molecule is CC(C)CC(NC(=O)c1ccc(-c2ccccc2)cc1)C(=O)N(C)C. The number of hydrogen-bond donors (Lipinski definition) is 1. The zero-order valence-corrected chi connectivity index (χ0v) is 15.3. The number of amides is 2. The molecule has 1 N–H and O–H groups in total. The van der Waals surface area contributed by atoms with Crippen molar-refractivity contribution in [2.75, 3.05) is 14.1 Å². The van der Waals surface area contributed by atoms with Crippen LogP contribution in [-0.4, -0.2) is 36.9 Å². The first kappa shape index (κ1) is 18.7. The molecule has 0 aliphatic heterocycles. The first-order valence-corrected chi connectivity index (χ1v) is 8.56. The fraction of sp³-hybridized carbons (Fsp3) is 0.333. The van der Waals surface area contributed by atoms with Gasteiger partial charge in [0.15, 0.2) is 0 Å². The number of rotatable bonds is 6. The molecular weight excluding hydrogens is 312 g/mol. The lowest BCUT2D eigenvalue weighted by molar-refractivity contribution is -0.131. The van der Waals surface area contributed by atoms with Gasteiger partial charge in [0.05, 0.1) is 0 Å². The molecule has 2 aromatic carbocycles. The highest BCUT2D eigenvalue weighted by Crippen LogP contribution is 2.19. The summed E-state index contributed by atoms with van der Waals surface area (Å²) >= 11 is 0. The summed E-state index contributed by atoms with van der Waals surface area (Å²) in [4.78, 5) is 26.3. The van der Waals surface area contributed by atoms with Crippen LogP contribution in [-0.2, 0) is 4.79 Å². The first-order chi connectivity index (χ1) is 11.9. The standard InChI is InChI=1S/C21H26N2O2/c1-15(2)14-19(21(25)23(3)4)22-20(24)18-12-10-17(11-13-18)16-8-6-5-7-9-16/h5-13,15,19H,14H2,1-4H3,(H,22,24). The van der Waals surface area contributed by atoms with E-state index >= 15 is 0 Å². The van der Waals surface area contributed by atoms with E-state index in [0.717, 1.165) is 11.1 Å². The van der Waals surface area contributed by atoms with Crippen LogP contribution >= 0.6 is 0 Å². The van der Waals surface area contributed by atoms with E-state index in [2.05, 4.69) is 5.32 Å². The van der Waals surface area contributed by atoms with E-state index in [1.165, 1.54) is 4.90 Å². The average Bonchev–Trinajstić information content (AvgIpc) is 2.61. The topological polar surface area (TPSA) is 49.4 Å². The maximum absolute atomic E-state index is 12.5. The van der Waals surface area contributed by atoms with E-state index in [9.17, 15) is 9.59 Å². The molecule has 2 aromatic rings. The van der Waals surface area contributed by atoms with Crippen molar-refractivity contribution < 1.29 is 9.59 Å². The van der Waals surface area contributed by atoms with Crippen molar-refractivity contribution in [3.63, 3.8) is 0 Å². The molecule has 0 aliphatic rings. The molecule has 1 atom stereocenters. The molecule has 0 bridgehead atoms. The number of likely N-dealkylation sites (N-methyl/N-ethyl adjacent to an activating group) is 1. The molecule has 0 aromatic heterocycles. The monoisotopic (exact) mass is 338 g/mol. The molecule has 2 rings (SSSR count). The Kier molecular flexibility index (Phi) is 6.34. The van der Waals surface area contributed by atoms with Gasteiger partial charge >= 0.3 is 0 Å². The molecule has 0 spiro atoms. The van der Waals surface area contributed by atoms with Crippen LogP contribution in [0.1, 0.15) is 30.6 Å². The third-order valence-electron chi connectivity index (χ3n) is 4.01. The van der Waals surface area contributed by atoms with Crippen LogP contribution in [0.4, 0.5) is 0 Å². The largest absolute Gasteiger partial charge is 0.347 e. The Bertz CT molecular complexity index is 706. The maximum atomic E-state index is 12.5. The summed E-state index contributed by atoms with van der Waals surface area (Å²) in [6.45, 7) is 4.08. The molecule has 0 radical (unpaired) electrons. The highest BCUT2D eigenvalue weighted by Gasteiger charge is 2.23. The van der Waals surface area contributed by atoms with Crippen molar-refractivity contribution in [3.05, 3.63) is 60.2 Å². The molecule has 25 heavy (non-hydrogen) atoms. The van der Waals surface area contributed by atoms with E-state index in [-0.39, 0.29) is 11.8 Å². The molecular formula is C21H26N2O2. The van der Waals surface area contributed by atoms with Gasteiger partial charge < -0.3 is 10.2 Å². The molecule has 0 fully saturated rings. The van der Waals surface area contributed by atoms with Gasteiger partial charge in [-0.1, -0.05) is 56.3 Å². The molecule has 0 aliphatic carbocycles. The minimum atomic E-state index is -0.503. The lowest BCUT2D eigenvalue weighted by Crippen LogP contribution is -2.46. The molecule has 4 heteroatoms. The second kappa shape index (κ2) is 8.47. The molecule has 132 valence electrons. The lowest BCUT2D eigenvalue weighted by Gasteiger charge is -2.23. The fourth-order valence-electron chi connectivity index (χ4n) is 2.69. The Balaban J connectivity index is 2.12. The zero-order chi connectivity index (χ0) is 18.4. The second-order valence-electron chi connectivity index (χ2n) is 6.83. The van der Waals surface area contributed by atoms with Gasteiger partial charge in [-0.3, -0.25) is 9.59 Å². The predicted molar refractivity (Wildman–Crippen MR) is 101 cm³/mol. The third kappa shape index (κ3) is 5.18. The van der Waals surface area contributed by atoms with Crippen LogP contribution in [0.5, 0.6) is 0 Å². The van der Waals surface area contributed by atoms with Gasteiger partial charge in [0, 0.05) is 19.7 Å². The quantitative estimate of drug-likeness (QED) is 0.875. The van der Waals surface area contributed by atoms with E-state index in [1.54, 1.807) is 26.2 Å². The number of nitrogens with one attached hydrogen (secondary N) is 1. The summed E-state index contributed by atoms with van der Waals surface area (Å²) in [6, 6.07) is 16.9. The zero-order valence-electron chi connectivity index (χ0n) is 15.3. The van der Waals surface area contributed by atoms with Gasteiger partial charge in [0.25, 0.3) is 5.91 Å². The Morgan fingerprint density at radius 2 is 1.48 bits per heavy atom. The normalized spacial score (nSPS) is 11.9. The molecule has 1 unspecified atom stereocenters. The van der Waals surface area contributed by atoms with Gasteiger partial charge in [-0.2, -0.15) is 0 Å². The Morgan fingerprint density at radius 1 is 0.920 bits per heavy atom. The second-order valence-corrected chi connectivity index (χ2v) is 6.83. The van der Waals surface area contributed by atoms with Gasteiger partial charge in [0.2, 0.25) is 5.91 Å². The number of nitrogens with zero attached hydrogens (tertiary/aromatic N) is 1. The summed E-state index contributed by atoms with van der Waals surface area (Å²) < 4.78 is 0. The van der Waals surface area contributed by atoms with E-state index < -0.39 is 6.04 Å². The third-order valence-corrected chi connectivity index (χ3v) is 4.01. The molecule has 2 amide bonds. The van der Waals surface area contributed by atoms with Gasteiger partial charge in [0.1, 0.15) is 6.04 Å². The fourth-order valence-corrected chi connectivity index (χ4v) is 2.69. The molecule has 0 saturated carbocycles. The number of carbonyl (C=O) groups is 2. The van der Waals surface area contributed by atoms with Crippen molar-refractivity contribution in [2.45, 2.75) is 26.3 Å². The number of benzene rings is 2. The predicted octanol–water partition coefficient (Wildman–Crippen LogP) is 3.59. The van der Waals surface area contributed by atoms with Gasteiger partial charge in [-0.05, 0) is 35.6 Å². The van der Waals surface area contributed by atoms with Crippen LogP contribution in [0.15, 0.2) is 54.6 Å². The molecule has 0 heterocycles. The minimum absolute atomic E-state index is 0.0806. The van der Waals surface area contributed by atoms with Crippen molar-refractivity contribution in [2.24, 2.45) is 5.92 Å². The smallest absolute Gasteiger partial charge is 0.251 e. The average molecular weight is 338 g/mol. The summed E-state index contributed by atoms with van der Waals surface area (Å²) in [5, 5.41) is 2.87. The van der Waals surface area contributed by atoms with E-state index in [0.29, 0.717) is 17.9 Å². The van der Waals surface area contributed by atoms with E-state index in [4.69, 9.17) is 0 Å². The Morgan fingerprint density at radius 3 is 2.00 bits per heavy atom. The summed E-state index contributed by atoms with van der Waals surface area (Å²) in [5.74, 6) is 0.0121. The first-order valence-electron chi connectivity index (χ1n) is 8.56. The lowest BCUT2D eigenvalue weighted by atomic mass is 10.0. The van der Waals surface area contributed by atoms with Crippen LogP contribution < -0.4 is 5.32 Å². The van der Waals surface area contributed by atoms with E-state index in [1.807, 2.05) is 56.3 Å². The Labute approximate surface area is 149 Å². The van der Waals surface area contributed by atoms with Crippen molar-refractivity contribution in [1.82, 2.24) is 10.2 Å². The van der Waals surface area contributed by atoms with Crippen LogP contribution in [0.25, 0.3) is 11.1 Å².